The molecule has 0 unspecified atom stereocenters. The van der Waals surface area contributed by atoms with E-state index in [0.29, 0.717) is 0 Å². The molecule has 0 fully saturated rings. The third-order valence-corrected chi connectivity index (χ3v) is 3.54. The van der Waals surface area contributed by atoms with E-state index in [2.05, 4.69) is 90.4 Å². The lowest BCUT2D eigenvalue weighted by Gasteiger charge is -2.33. The summed E-state index contributed by atoms with van der Waals surface area (Å²) in [5.41, 5.74) is 2.40. The zero-order chi connectivity index (χ0) is 15.9. The molecule has 0 heterocycles. The molecule has 1 aromatic carbocycles. The van der Waals surface area contributed by atoms with Crippen molar-refractivity contribution in [3.63, 3.8) is 0 Å². The molecule has 1 rings (SSSR count). The summed E-state index contributed by atoms with van der Waals surface area (Å²) in [6.45, 7) is 19.7. The van der Waals surface area contributed by atoms with Gasteiger partial charge in [0.2, 0.25) is 0 Å². The van der Waals surface area contributed by atoms with Gasteiger partial charge in [-0.25, -0.2) is 0 Å². The summed E-state index contributed by atoms with van der Waals surface area (Å²) in [7, 11) is 0. The van der Waals surface area contributed by atoms with Gasteiger partial charge in [0.1, 0.15) is 11.4 Å². The summed E-state index contributed by atoms with van der Waals surface area (Å²) in [5.74, 6) is 1.04. The SMILES string of the molecule is CC(C)(C)Oc1c(C(C)(C)C)cc(Br)cc1C(C)(C)C. The Bertz CT molecular complexity index is 447. The largest absolute Gasteiger partial charge is 0.488 e. The van der Waals surface area contributed by atoms with Crippen LogP contribution in [0.25, 0.3) is 0 Å². The average molecular weight is 341 g/mol. The predicted octanol–water partition coefficient (Wildman–Crippen LogP) is 6.22. The molecular weight excluding hydrogens is 312 g/mol. The van der Waals surface area contributed by atoms with Crippen LogP contribution in [0.15, 0.2) is 16.6 Å². The molecule has 114 valence electrons. The van der Waals surface area contributed by atoms with E-state index in [4.69, 9.17) is 4.74 Å². The maximum atomic E-state index is 6.35. The van der Waals surface area contributed by atoms with Crippen molar-refractivity contribution in [1.82, 2.24) is 0 Å². The smallest absolute Gasteiger partial charge is 0.127 e. The second-order valence-corrected chi connectivity index (χ2v) is 9.46. The molecule has 0 saturated heterocycles. The van der Waals surface area contributed by atoms with Crippen LogP contribution in [0.2, 0.25) is 0 Å². The average Bonchev–Trinajstić information content (AvgIpc) is 2.14. The van der Waals surface area contributed by atoms with Crippen molar-refractivity contribution in [2.45, 2.75) is 78.7 Å². The van der Waals surface area contributed by atoms with E-state index in [1.54, 1.807) is 0 Å². The Labute approximate surface area is 133 Å². The predicted molar refractivity (Wildman–Crippen MR) is 91.9 cm³/mol. The maximum Gasteiger partial charge on any atom is 0.127 e. The van der Waals surface area contributed by atoms with E-state index in [1.807, 2.05) is 0 Å². The van der Waals surface area contributed by atoms with Crippen molar-refractivity contribution >= 4 is 15.9 Å². The van der Waals surface area contributed by atoms with E-state index < -0.39 is 0 Å². The van der Waals surface area contributed by atoms with Gasteiger partial charge in [-0.3, -0.25) is 0 Å². The first-order valence-electron chi connectivity index (χ1n) is 7.25. The van der Waals surface area contributed by atoms with Crippen molar-refractivity contribution in [3.8, 4) is 5.75 Å². The van der Waals surface area contributed by atoms with E-state index in [-0.39, 0.29) is 16.4 Å². The highest BCUT2D eigenvalue weighted by Crippen LogP contribution is 2.43. The van der Waals surface area contributed by atoms with Gasteiger partial charge in [0, 0.05) is 15.6 Å². The monoisotopic (exact) mass is 340 g/mol. The van der Waals surface area contributed by atoms with Gasteiger partial charge in [-0.05, 0) is 43.7 Å². The van der Waals surface area contributed by atoms with Crippen molar-refractivity contribution in [2.24, 2.45) is 0 Å². The molecule has 20 heavy (non-hydrogen) atoms. The lowest BCUT2D eigenvalue weighted by molar-refractivity contribution is 0.124. The molecular formula is C18H29BrO. The van der Waals surface area contributed by atoms with Crippen LogP contribution < -0.4 is 4.74 Å². The molecule has 0 spiro atoms. The molecule has 0 radical (unpaired) electrons. The molecule has 0 aliphatic heterocycles. The number of hydrogen-bond acceptors (Lipinski definition) is 1. The molecule has 0 bridgehead atoms. The summed E-state index contributed by atoms with van der Waals surface area (Å²) in [4.78, 5) is 0. The minimum Gasteiger partial charge on any atom is -0.488 e. The van der Waals surface area contributed by atoms with Crippen molar-refractivity contribution in [2.75, 3.05) is 0 Å². The number of benzene rings is 1. The van der Waals surface area contributed by atoms with Crippen LogP contribution in [-0.2, 0) is 10.8 Å². The lowest BCUT2D eigenvalue weighted by Crippen LogP contribution is -2.28. The van der Waals surface area contributed by atoms with Crippen LogP contribution in [0.3, 0.4) is 0 Å². The Morgan fingerprint density at radius 2 is 1.10 bits per heavy atom. The quantitative estimate of drug-likeness (QED) is 0.589. The first kappa shape index (κ1) is 17.6. The molecule has 0 saturated carbocycles. The second kappa shape index (κ2) is 5.36. The fourth-order valence-electron chi connectivity index (χ4n) is 2.12. The lowest BCUT2D eigenvalue weighted by atomic mass is 9.79. The van der Waals surface area contributed by atoms with Crippen LogP contribution in [0.5, 0.6) is 5.75 Å². The molecule has 0 aliphatic rings. The summed E-state index contributed by atoms with van der Waals surface area (Å²) in [6, 6.07) is 4.38. The van der Waals surface area contributed by atoms with Crippen molar-refractivity contribution in [3.05, 3.63) is 27.7 Å². The van der Waals surface area contributed by atoms with Gasteiger partial charge in [-0.1, -0.05) is 57.5 Å². The van der Waals surface area contributed by atoms with Gasteiger partial charge in [0.15, 0.2) is 0 Å². The minimum absolute atomic E-state index is 0.0460. The minimum atomic E-state index is -0.201. The van der Waals surface area contributed by atoms with Gasteiger partial charge >= 0.3 is 0 Å². The fraction of sp³-hybridized carbons (Fsp3) is 0.667. The van der Waals surface area contributed by atoms with Crippen molar-refractivity contribution < 1.29 is 4.74 Å². The summed E-state index contributed by atoms with van der Waals surface area (Å²) < 4.78 is 7.47. The Kier molecular flexibility index (Phi) is 4.71. The van der Waals surface area contributed by atoms with Crippen LogP contribution in [0.4, 0.5) is 0 Å². The molecule has 0 aliphatic carbocycles. The standard InChI is InChI=1S/C18H29BrO/c1-16(2,3)13-10-12(19)11-14(17(4,5)6)15(13)20-18(7,8)9/h10-11H,1-9H3. The van der Waals surface area contributed by atoms with Gasteiger partial charge in [-0.2, -0.15) is 0 Å². The Morgan fingerprint density at radius 1 is 0.750 bits per heavy atom. The van der Waals surface area contributed by atoms with Crippen LogP contribution in [0.1, 0.15) is 73.4 Å². The van der Waals surface area contributed by atoms with E-state index in [1.165, 1.54) is 11.1 Å². The van der Waals surface area contributed by atoms with Crippen LogP contribution >= 0.6 is 15.9 Å². The molecule has 1 nitrogen and oxygen atoms in total. The Balaban J connectivity index is 3.63. The van der Waals surface area contributed by atoms with Gasteiger partial charge in [0.25, 0.3) is 0 Å². The van der Waals surface area contributed by atoms with Gasteiger partial charge < -0.3 is 4.74 Å². The van der Waals surface area contributed by atoms with Crippen LogP contribution in [0, 0.1) is 0 Å². The highest BCUT2D eigenvalue weighted by atomic mass is 79.9. The van der Waals surface area contributed by atoms with Gasteiger partial charge in [-0.15, -0.1) is 0 Å². The summed E-state index contributed by atoms with van der Waals surface area (Å²) in [5, 5.41) is 0. The molecule has 0 N–H and O–H groups in total. The zero-order valence-electron chi connectivity index (χ0n) is 14.4. The Hall–Kier alpha value is -0.500. The number of rotatable bonds is 1. The highest BCUT2D eigenvalue weighted by Gasteiger charge is 2.29. The summed E-state index contributed by atoms with van der Waals surface area (Å²) in [6.07, 6.45) is 0. The zero-order valence-corrected chi connectivity index (χ0v) is 16.0. The van der Waals surface area contributed by atoms with Crippen molar-refractivity contribution in [1.29, 1.82) is 0 Å². The topological polar surface area (TPSA) is 9.23 Å². The number of halogens is 1. The second-order valence-electron chi connectivity index (χ2n) is 8.54. The van der Waals surface area contributed by atoms with E-state index in [0.717, 1.165) is 10.2 Å². The molecule has 2 heteroatoms. The normalized spacial score (nSPS) is 13.5. The third kappa shape index (κ3) is 4.51. The Morgan fingerprint density at radius 3 is 1.35 bits per heavy atom. The molecule has 0 aromatic heterocycles. The number of ether oxygens (including phenoxy) is 1. The fourth-order valence-corrected chi connectivity index (χ4v) is 2.58. The summed E-state index contributed by atoms with van der Waals surface area (Å²) >= 11 is 3.66. The third-order valence-electron chi connectivity index (χ3n) is 3.08. The van der Waals surface area contributed by atoms with Crippen LogP contribution in [-0.4, -0.2) is 5.60 Å². The van der Waals surface area contributed by atoms with E-state index >= 15 is 0 Å². The van der Waals surface area contributed by atoms with Gasteiger partial charge in [0.05, 0.1) is 0 Å². The number of hydrogen-bond donors (Lipinski definition) is 0. The highest BCUT2D eigenvalue weighted by molar-refractivity contribution is 9.10. The first-order valence-corrected chi connectivity index (χ1v) is 8.04. The first-order chi connectivity index (χ1) is 8.72. The molecule has 0 amide bonds. The maximum absolute atomic E-state index is 6.35. The molecule has 1 aromatic rings. The van der Waals surface area contributed by atoms with E-state index in [9.17, 15) is 0 Å². The molecule has 0 atom stereocenters.